The van der Waals surface area contributed by atoms with Crippen molar-refractivity contribution in [3.63, 3.8) is 0 Å². The molecule has 0 radical (unpaired) electrons. The Morgan fingerprint density at radius 2 is 2.05 bits per heavy atom. The van der Waals surface area contributed by atoms with E-state index in [1.54, 1.807) is 0 Å². The summed E-state index contributed by atoms with van der Waals surface area (Å²) in [7, 11) is 0. The van der Waals surface area contributed by atoms with Gasteiger partial charge in [0.1, 0.15) is 0 Å². The number of hydrogen-bond donors (Lipinski definition) is 2. The molecule has 0 unspecified atom stereocenters. The molecule has 1 aromatic carbocycles. The fourth-order valence-corrected chi connectivity index (χ4v) is 2.58. The van der Waals surface area contributed by atoms with Gasteiger partial charge in [0.25, 0.3) is 0 Å². The highest BCUT2D eigenvalue weighted by Crippen LogP contribution is 2.23. The van der Waals surface area contributed by atoms with Crippen molar-refractivity contribution in [2.45, 2.75) is 25.5 Å². The summed E-state index contributed by atoms with van der Waals surface area (Å²) in [6.45, 7) is 4.80. The highest BCUT2D eigenvalue weighted by Gasteiger charge is 2.14. The Hall–Kier alpha value is -1.86. The van der Waals surface area contributed by atoms with Gasteiger partial charge in [-0.25, -0.2) is 5.84 Å². The van der Waals surface area contributed by atoms with E-state index in [4.69, 9.17) is 5.84 Å². The molecule has 6 nitrogen and oxygen atoms in total. The number of hydrazine groups is 1. The van der Waals surface area contributed by atoms with E-state index in [-0.39, 0.29) is 11.7 Å². The van der Waals surface area contributed by atoms with Crippen LogP contribution in [0.25, 0.3) is 11.4 Å². The van der Waals surface area contributed by atoms with E-state index in [1.165, 1.54) is 17.3 Å². The average molecular weight is 291 g/mol. The molecule has 20 heavy (non-hydrogen) atoms. The number of nitrogens with zero attached hydrogens (tertiary/aromatic N) is 3. The molecule has 0 atom stereocenters. The molecule has 0 aliphatic carbocycles. The molecule has 0 saturated carbocycles. The van der Waals surface area contributed by atoms with Gasteiger partial charge in [0, 0.05) is 12.1 Å². The molecule has 7 heteroatoms. The lowest BCUT2D eigenvalue weighted by atomic mass is 10.1. The van der Waals surface area contributed by atoms with E-state index in [9.17, 15) is 4.79 Å². The van der Waals surface area contributed by atoms with E-state index in [2.05, 4.69) is 15.6 Å². The minimum Gasteiger partial charge on any atom is -0.302 e. The number of nitrogens with one attached hydrogen (secondary N) is 1. The fraction of sp³-hybridized carbons (Fsp3) is 0.308. The summed E-state index contributed by atoms with van der Waals surface area (Å²) in [5.74, 6) is 5.86. The predicted octanol–water partition coefficient (Wildman–Crippen LogP) is 1.36. The van der Waals surface area contributed by atoms with Crippen molar-refractivity contribution in [3.05, 3.63) is 29.8 Å². The molecule has 1 aromatic heterocycles. The zero-order chi connectivity index (χ0) is 14.5. The second-order valence-corrected chi connectivity index (χ2v) is 5.22. The number of rotatable bonds is 5. The molecule has 1 amide bonds. The number of carbonyl (C=O) groups excluding carboxylic acids is 1. The van der Waals surface area contributed by atoms with Crippen LogP contribution < -0.4 is 11.3 Å². The molecule has 0 fully saturated rings. The van der Waals surface area contributed by atoms with Gasteiger partial charge in [0.05, 0.1) is 5.75 Å². The zero-order valence-corrected chi connectivity index (χ0v) is 12.3. The number of thioether (sulfide) groups is 1. The lowest BCUT2D eigenvalue weighted by Crippen LogP contribution is -2.31. The third kappa shape index (κ3) is 3.17. The molecule has 0 spiro atoms. The van der Waals surface area contributed by atoms with Gasteiger partial charge in [0.2, 0.25) is 5.91 Å². The third-order valence-electron chi connectivity index (χ3n) is 2.84. The van der Waals surface area contributed by atoms with Crippen LogP contribution in [0, 0.1) is 6.92 Å². The molecule has 0 aliphatic heterocycles. The Morgan fingerprint density at radius 1 is 1.35 bits per heavy atom. The van der Waals surface area contributed by atoms with Crippen LogP contribution in [-0.2, 0) is 11.3 Å². The Kier molecular flexibility index (Phi) is 4.75. The van der Waals surface area contributed by atoms with Crippen molar-refractivity contribution in [1.82, 2.24) is 20.2 Å². The van der Waals surface area contributed by atoms with Gasteiger partial charge in [-0.3, -0.25) is 10.2 Å². The highest BCUT2D eigenvalue weighted by atomic mass is 32.2. The molecular formula is C13H17N5OS. The number of carbonyl (C=O) groups is 1. The monoisotopic (exact) mass is 291 g/mol. The molecule has 0 saturated heterocycles. The largest absolute Gasteiger partial charge is 0.302 e. The Labute approximate surface area is 121 Å². The standard InChI is InChI=1S/C13H17N5OS/c1-3-18-12(10-6-4-9(2)5-7-10)16-17-13(18)20-8-11(19)15-14/h4-7H,3,8,14H2,1-2H3,(H,15,19). The fourth-order valence-electron chi connectivity index (χ4n) is 1.77. The second-order valence-electron chi connectivity index (χ2n) is 4.27. The van der Waals surface area contributed by atoms with Crippen LogP contribution >= 0.6 is 11.8 Å². The summed E-state index contributed by atoms with van der Waals surface area (Å²) in [5.41, 5.74) is 4.31. The van der Waals surface area contributed by atoms with Gasteiger partial charge in [-0.1, -0.05) is 41.6 Å². The molecule has 0 bridgehead atoms. The molecule has 106 valence electrons. The predicted molar refractivity (Wildman–Crippen MR) is 78.9 cm³/mol. The maximum absolute atomic E-state index is 11.2. The topological polar surface area (TPSA) is 85.8 Å². The number of nitrogens with two attached hydrogens (primary N) is 1. The summed E-state index contributed by atoms with van der Waals surface area (Å²) in [5, 5.41) is 9.08. The maximum atomic E-state index is 11.2. The summed E-state index contributed by atoms with van der Waals surface area (Å²) < 4.78 is 1.99. The van der Waals surface area contributed by atoms with Gasteiger partial charge >= 0.3 is 0 Å². The van der Waals surface area contributed by atoms with Crippen molar-refractivity contribution in [3.8, 4) is 11.4 Å². The maximum Gasteiger partial charge on any atom is 0.244 e. The van der Waals surface area contributed by atoms with E-state index >= 15 is 0 Å². The normalized spacial score (nSPS) is 10.6. The zero-order valence-electron chi connectivity index (χ0n) is 11.5. The van der Waals surface area contributed by atoms with Crippen molar-refractivity contribution in [1.29, 1.82) is 0 Å². The van der Waals surface area contributed by atoms with E-state index in [0.717, 1.165) is 17.9 Å². The van der Waals surface area contributed by atoms with E-state index in [0.29, 0.717) is 5.16 Å². The van der Waals surface area contributed by atoms with Crippen molar-refractivity contribution < 1.29 is 4.79 Å². The van der Waals surface area contributed by atoms with E-state index in [1.807, 2.05) is 42.7 Å². The Morgan fingerprint density at radius 3 is 2.65 bits per heavy atom. The van der Waals surface area contributed by atoms with Gasteiger partial charge < -0.3 is 4.57 Å². The SMILES string of the molecule is CCn1c(SCC(=O)NN)nnc1-c1ccc(C)cc1. The van der Waals surface area contributed by atoms with Crippen LogP contribution in [0.15, 0.2) is 29.4 Å². The molecule has 0 aliphatic rings. The van der Waals surface area contributed by atoms with Gasteiger partial charge in [-0.05, 0) is 13.8 Å². The average Bonchev–Trinajstić information content (AvgIpc) is 2.88. The third-order valence-corrected chi connectivity index (χ3v) is 3.80. The Bertz CT molecular complexity index is 593. The van der Waals surface area contributed by atoms with Crippen LogP contribution in [0.1, 0.15) is 12.5 Å². The van der Waals surface area contributed by atoms with Crippen molar-refractivity contribution in [2.75, 3.05) is 5.75 Å². The summed E-state index contributed by atoms with van der Waals surface area (Å²) in [6.07, 6.45) is 0. The van der Waals surface area contributed by atoms with Crippen LogP contribution in [0.5, 0.6) is 0 Å². The lowest BCUT2D eigenvalue weighted by Gasteiger charge is -2.07. The number of hydrogen-bond acceptors (Lipinski definition) is 5. The minimum absolute atomic E-state index is 0.225. The number of amides is 1. The van der Waals surface area contributed by atoms with Crippen molar-refractivity contribution >= 4 is 17.7 Å². The van der Waals surface area contributed by atoms with Crippen molar-refractivity contribution in [2.24, 2.45) is 5.84 Å². The van der Waals surface area contributed by atoms with Gasteiger partial charge in [0.15, 0.2) is 11.0 Å². The first-order chi connectivity index (χ1) is 9.65. The van der Waals surface area contributed by atoms with Gasteiger partial charge in [-0.15, -0.1) is 10.2 Å². The summed E-state index contributed by atoms with van der Waals surface area (Å²) in [6, 6.07) is 8.12. The molecule has 2 aromatic rings. The molecule has 2 rings (SSSR count). The Balaban J connectivity index is 2.25. The van der Waals surface area contributed by atoms with Gasteiger partial charge in [-0.2, -0.15) is 0 Å². The molecule has 3 N–H and O–H groups in total. The first-order valence-corrected chi connectivity index (χ1v) is 7.26. The number of aromatic nitrogens is 3. The quantitative estimate of drug-likeness (QED) is 0.376. The number of benzene rings is 1. The highest BCUT2D eigenvalue weighted by molar-refractivity contribution is 7.99. The first-order valence-electron chi connectivity index (χ1n) is 6.28. The summed E-state index contributed by atoms with van der Waals surface area (Å²) in [4.78, 5) is 11.2. The molecular weight excluding hydrogens is 274 g/mol. The van der Waals surface area contributed by atoms with Crippen LogP contribution in [0.4, 0.5) is 0 Å². The second kappa shape index (κ2) is 6.53. The van der Waals surface area contributed by atoms with Crippen LogP contribution in [0.3, 0.4) is 0 Å². The number of aryl methyl sites for hydroxylation is 1. The van der Waals surface area contributed by atoms with Crippen LogP contribution in [0.2, 0.25) is 0 Å². The minimum atomic E-state index is -0.238. The lowest BCUT2D eigenvalue weighted by molar-refractivity contribution is -0.118. The van der Waals surface area contributed by atoms with E-state index < -0.39 is 0 Å². The summed E-state index contributed by atoms with van der Waals surface area (Å²) >= 11 is 1.32. The smallest absolute Gasteiger partial charge is 0.244 e. The molecule has 1 heterocycles. The van der Waals surface area contributed by atoms with Crippen LogP contribution in [-0.4, -0.2) is 26.4 Å². The first kappa shape index (κ1) is 14.5.